The fraction of sp³-hybridized carbons (Fsp3) is 0.909. The van der Waals surface area contributed by atoms with Crippen molar-refractivity contribution in [3.63, 3.8) is 0 Å². The summed E-state index contributed by atoms with van der Waals surface area (Å²) in [6.07, 6.45) is 0. The number of nitriles is 1. The molecular weight excluding hydrogens is 160 g/mol. The molecule has 0 heterocycles. The molecule has 0 saturated carbocycles. The maximum absolute atomic E-state index is 8.61. The van der Waals surface area contributed by atoms with Gasteiger partial charge in [-0.15, -0.1) is 0 Å². The maximum Gasteiger partial charge on any atom is 0.0924 e. The lowest BCUT2D eigenvalue weighted by molar-refractivity contribution is 0.273. The van der Waals surface area contributed by atoms with E-state index in [1.807, 2.05) is 6.92 Å². The number of rotatable bonds is 5. The molecule has 0 aliphatic rings. The molecule has 0 aromatic carbocycles. The summed E-state index contributed by atoms with van der Waals surface area (Å²) in [5.41, 5.74) is 0. The molecule has 0 fully saturated rings. The summed E-state index contributed by atoms with van der Waals surface area (Å²) in [5, 5.41) is 11.8. The molecule has 1 N–H and O–H groups in total. The standard InChI is InChI=1S/C11H22N2/c1-8(2)11(9(3)4)7-13-10(5)6-12/h8-11,13H,7H2,1-5H3. The summed E-state index contributed by atoms with van der Waals surface area (Å²) < 4.78 is 0. The van der Waals surface area contributed by atoms with E-state index in [-0.39, 0.29) is 6.04 Å². The fourth-order valence-corrected chi connectivity index (χ4v) is 1.60. The zero-order chi connectivity index (χ0) is 10.4. The van der Waals surface area contributed by atoms with E-state index in [1.54, 1.807) is 0 Å². The van der Waals surface area contributed by atoms with Gasteiger partial charge in [-0.05, 0) is 31.2 Å². The van der Waals surface area contributed by atoms with Gasteiger partial charge in [0.1, 0.15) is 0 Å². The Balaban J connectivity index is 3.92. The van der Waals surface area contributed by atoms with Gasteiger partial charge >= 0.3 is 0 Å². The number of hydrogen-bond donors (Lipinski definition) is 1. The van der Waals surface area contributed by atoms with Crippen LogP contribution in [0.15, 0.2) is 0 Å². The molecule has 0 amide bonds. The minimum absolute atomic E-state index is 0.0278. The van der Waals surface area contributed by atoms with Gasteiger partial charge in [-0.25, -0.2) is 0 Å². The molecule has 0 spiro atoms. The molecule has 0 aromatic rings. The summed E-state index contributed by atoms with van der Waals surface area (Å²) in [6, 6.07) is 2.16. The van der Waals surface area contributed by atoms with E-state index < -0.39 is 0 Å². The van der Waals surface area contributed by atoms with E-state index in [0.29, 0.717) is 17.8 Å². The molecule has 0 saturated heterocycles. The van der Waals surface area contributed by atoms with Gasteiger partial charge in [0.2, 0.25) is 0 Å². The zero-order valence-corrected chi connectivity index (χ0v) is 9.46. The van der Waals surface area contributed by atoms with Crippen LogP contribution < -0.4 is 5.32 Å². The van der Waals surface area contributed by atoms with Crippen LogP contribution in [0.5, 0.6) is 0 Å². The predicted molar refractivity (Wildman–Crippen MR) is 56.2 cm³/mol. The molecule has 1 atom stereocenters. The van der Waals surface area contributed by atoms with Gasteiger partial charge < -0.3 is 5.32 Å². The molecule has 0 aromatic heterocycles. The molecule has 0 aliphatic carbocycles. The first-order chi connectivity index (χ1) is 5.99. The van der Waals surface area contributed by atoms with Gasteiger partial charge in [0.05, 0.1) is 12.1 Å². The number of nitrogens with one attached hydrogen (secondary N) is 1. The molecule has 2 nitrogen and oxygen atoms in total. The third-order valence-corrected chi connectivity index (χ3v) is 2.57. The van der Waals surface area contributed by atoms with Crippen molar-refractivity contribution in [2.45, 2.75) is 40.7 Å². The van der Waals surface area contributed by atoms with Gasteiger partial charge in [-0.1, -0.05) is 27.7 Å². The average molecular weight is 182 g/mol. The third-order valence-electron chi connectivity index (χ3n) is 2.57. The summed E-state index contributed by atoms with van der Waals surface area (Å²) in [7, 11) is 0. The van der Waals surface area contributed by atoms with E-state index in [0.717, 1.165) is 6.54 Å². The Morgan fingerprint density at radius 1 is 1.08 bits per heavy atom. The van der Waals surface area contributed by atoms with Crippen LogP contribution in [-0.4, -0.2) is 12.6 Å². The molecule has 76 valence electrons. The summed E-state index contributed by atoms with van der Waals surface area (Å²) in [4.78, 5) is 0. The summed E-state index contributed by atoms with van der Waals surface area (Å²) in [5.74, 6) is 2.02. The largest absolute Gasteiger partial charge is 0.302 e. The minimum Gasteiger partial charge on any atom is -0.302 e. The molecule has 0 aliphatic heterocycles. The van der Waals surface area contributed by atoms with Crippen molar-refractivity contribution in [1.82, 2.24) is 5.32 Å². The van der Waals surface area contributed by atoms with Crippen molar-refractivity contribution < 1.29 is 0 Å². The Labute approximate surface area is 82.3 Å². The lowest BCUT2D eigenvalue weighted by Gasteiger charge is -2.25. The van der Waals surface area contributed by atoms with Crippen LogP contribution in [0.3, 0.4) is 0 Å². The van der Waals surface area contributed by atoms with Crippen LogP contribution in [0.1, 0.15) is 34.6 Å². The lowest BCUT2D eigenvalue weighted by atomic mass is 9.85. The minimum atomic E-state index is -0.0278. The number of nitrogens with zero attached hydrogens (tertiary/aromatic N) is 1. The van der Waals surface area contributed by atoms with Crippen LogP contribution in [0.2, 0.25) is 0 Å². The predicted octanol–water partition coefficient (Wildman–Crippen LogP) is 2.42. The Morgan fingerprint density at radius 3 is 1.85 bits per heavy atom. The second-order valence-electron chi connectivity index (χ2n) is 4.41. The van der Waals surface area contributed by atoms with Gasteiger partial charge in [0, 0.05) is 0 Å². The van der Waals surface area contributed by atoms with Crippen molar-refractivity contribution in [3.05, 3.63) is 0 Å². The van der Waals surface area contributed by atoms with Gasteiger partial charge in [-0.3, -0.25) is 0 Å². The van der Waals surface area contributed by atoms with Crippen LogP contribution >= 0.6 is 0 Å². The van der Waals surface area contributed by atoms with Crippen molar-refractivity contribution in [3.8, 4) is 6.07 Å². The first-order valence-electron chi connectivity index (χ1n) is 5.12. The highest BCUT2D eigenvalue weighted by atomic mass is 14.9. The smallest absolute Gasteiger partial charge is 0.0924 e. The Kier molecular flexibility index (Phi) is 5.73. The first-order valence-corrected chi connectivity index (χ1v) is 5.12. The van der Waals surface area contributed by atoms with E-state index in [1.165, 1.54) is 0 Å². The Bertz CT molecular complexity index is 159. The van der Waals surface area contributed by atoms with Crippen molar-refractivity contribution in [1.29, 1.82) is 5.26 Å². The topological polar surface area (TPSA) is 35.8 Å². The quantitative estimate of drug-likeness (QED) is 0.708. The summed E-state index contributed by atoms with van der Waals surface area (Å²) in [6.45, 7) is 11.8. The lowest BCUT2D eigenvalue weighted by Crippen LogP contribution is -2.34. The van der Waals surface area contributed by atoms with E-state index in [2.05, 4.69) is 39.1 Å². The van der Waals surface area contributed by atoms with E-state index in [4.69, 9.17) is 5.26 Å². The Hall–Kier alpha value is -0.550. The average Bonchev–Trinajstić information content (AvgIpc) is 2.03. The molecule has 2 heteroatoms. The molecule has 13 heavy (non-hydrogen) atoms. The SMILES string of the molecule is CC(C#N)NCC(C(C)C)C(C)C. The highest BCUT2D eigenvalue weighted by Crippen LogP contribution is 2.19. The van der Waals surface area contributed by atoms with E-state index in [9.17, 15) is 0 Å². The molecular formula is C11H22N2. The first kappa shape index (κ1) is 12.4. The van der Waals surface area contributed by atoms with Crippen LogP contribution in [-0.2, 0) is 0 Å². The summed E-state index contributed by atoms with van der Waals surface area (Å²) >= 11 is 0. The normalized spacial score (nSPS) is 13.8. The van der Waals surface area contributed by atoms with E-state index >= 15 is 0 Å². The van der Waals surface area contributed by atoms with Gasteiger partial charge in [0.25, 0.3) is 0 Å². The number of hydrogen-bond acceptors (Lipinski definition) is 2. The van der Waals surface area contributed by atoms with Crippen LogP contribution in [0, 0.1) is 29.1 Å². The van der Waals surface area contributed by atoms with Crippen molar-refractivity contribution in [2.75, 3.05) is 6.54 Å². The monoisotopic (exact) mass is 182 g/mol. The zero-order valence-electron chi connectivity index (χ0n) is 9.46. The second kappa shape index (κ2) is 5.99. The van der Waals surface area contributed by atoms with Crippen molar-refractivity contribution in [2.24, 2.45) is 17.8 Å². The van der Waals surface area contributed by atoms with Crippen molar-refractivity contribution >= 4 is 0 Å². The fourth-order valence-electron chi connectivity index (χ4n) is 1.60. The van der Waals surface area contributed by atoms with Crippen LogP contribution in [0.4, 0.5) is 0 Å². The Morgan fingerprint density at radius 2 is 1.54 bits per heavy atom. The molecule has 0 radical (unpaired) electrons. The van der Waals surface area contributed by atoms with Gasteiger partial charge in [0.15, 0.2) is 0 Å². The molecule has 1 unspecified atom stereocenters. The highest BCUT2D eigenvalue weighted by Gasteiger charge is 2.17. The molecule has 0 bridgehead atoms. The van der Waals surface area contributed by atoms with Crippen LogP contribution in [0.25, 0.3) is 0 Å². The van der Waals surface area contributed by atoms with Gasteiger partial charge in [-0.2, -0.15) is 5.26 Å². The maximum atomic E-state index is 8.61. The highest BCUT2D eigenvalue weighted by molar-refractivity contribution is 4.86. The molecule has 0 rings (SSSR count). The third kappa shape index (κ3) is 4.90. The second-order valence-corrected chi connectivity index (χ2v) is 4.41.